The molecule has 0 radical (unpaired) electrons. The van der Waals surface area contributed by atoms with Crippen molar-refractivity contribution in [1.82, 2.24) is 4.57 Å². The first-order valence-corrected chi connectivity index (χ1v) is 7.50. The monoisotopic (exact) mass is 303 g/mol. The van der Waals surface area contributed by atoms with E-state index in [1.54, 1.807) is 10.6 Å². The van der Waals surface area contributed by atoms with E-state index in [-0.39, 0.29) is 5.91 Å². The summed E-state index contributed by atoms with van der Waals surface area (Å²) in [6.45, 7) is 2.04. The molecule has 0 spiro atoms. The molecule has 3 rings (SSSR count). The lowest BCUT2D eigenvalue weighted by Gasteiger charge is -2.22. The highest BCUT2D eigenvalue weighted by Crippen LogP contribution is 2.31. The molecule has 1 aliphatic rings. The summed E-state index contributed by atoms with van der Waals surface area (Å²) in [5, 5.41) is 3.61. The maximum absolute atomic E-state index is 12.4. The Labute approximate surface area is 129 Å². The van der Waals surface area contributed by atoms with Gasteiger partial charge in [-0.15, -0.1) is 0 Å². The van der Waals surface area contributed by atoms with Gasteiger partial charge in [-0.25, -0.2) is 0 Å². The van der Waals surface area contributed by atoms with Gasteiger partial charge in [0.1, 0.15) is 5.69 Å². The minimum atomic E-state index is -0.120. The van der Waals surface area contributed by atoms with E-state index in [1.165, 1.54) is 12.8 Å². The highest BCUT2D eigenvalue weighted by Gasteiger charge is 2.18. The number of rotatable bonds is 3. The molecule has 0 atom stereocenters. The number of amides is 1. The molecular formula is C16H18ClN3O. The first-order valence-electron chi connectivity index (χ1n) is 7.12. The molecule has 1 aromatic heterocycles. The number of nitrogens with one attached hydrogen (secondary N) is 1. The van der Waals surface area contributed by atoms with Crippen LogP contribution in [-0.2, 0) is 7.05 Å². The third kappa shape index (κ3) is 2.90. The molecule has 1 aromatic carbocycles. The smallest absolute Gasteiger partial charge is 0.272 e. The topological polar surface area (TPSA) is 37.3 Å². The van der Waals surface area contributed by atoms with Crippen molar-refractivity contribution in [2.24, 2.45) is 7.05 Å². The molecule has 2 heterocycles. The second-order valence-corrected chi connectivity index (χ2v) is 5.75. The van der Waals surface area contributed by atoms with Crippen LogP contribution in [0.4, 0.5) is 11.4 Å². The Hall–Kier alpha value is -1.94. The summed E-state index contributed by atoms with van der Waals surface area (Å²) in [7, 11) is 1.86. The number of halogens is 1. The van der Waals surface area contributed by atoms with Gasteiger partial charge < -0.3 is 14.8 Å². The zero-order valence-corrected chi connectivity index (χ0v) is 12.7. The van der Waals surface area contributed by atoms with Crippen LogP contribution < -0.4 is 10.2 Å². The minimum absolute atomic E-state index is 0.120. The maximum atomic E-state index is 12.4. The van der Waals surface area contributed by atoms with Crippen LogP contribution >= 0.6 is 11.6 Å². The summed E-state index contributed by atoms with van der Waals surface area (Å²) < 4.78 is 1.80. The van der Waals surface area contributed by atoms with E-state index in [9.17, 15) is 4.79 Å². The third-order valence-corrected chi connectivity index (χ3v) is 4.07. The van der Waals surface area contributed by atoms with Gasteiger partial charge in [0, 0.05) is 31.4 Å². The molecule has 0 bridgehead atoms. The van der Waals surface area contributed by atoms with E-state index >= 15 is 0 Å². The van der Waals surface area contributed by atoms with Gasteiger partial charge in [0.2, 0.25) is 0 Å². The zero-order chi connectivity index (χ0) is 14.8. The molecule has 1 amide bonds. The molecule has 1 fully saturated rings. The number of benzene rings is 1. The number of carbonyl (C=O) groups excluding carboxylic acids is 1. The lowest BCUT2D eigenvalue weighted by atomic mass is 10.2. The van der Waals surface area contributed by atoms with Crippen LogP contribution in [0.25, 0.3) is 0 Å². The first-order chi connectivity index (χ1) is 10.1. The van der Waals surface area contributed by atoms with E-state index < -0.39 is 0 Å². The average Bonchev–Trinajstić information content (AvgIpc) is 3.10. The van der Waals surface area contributed by atoms with Crippen molar-refractivity contribution in [3.8, 4) is 0 Å². The summed E-state index contributed by atoms with van der Waals surface area (Å²) in [5.41, 5.74) is 2.44. The average molecular weight is 304 g/mol. The van der Waals surface area contributed by atoms with Crippen LogP contribution in [0, 0.1) is 0 Å². The summed E-state index contributed by atoms with van der Waals surface area (Å²) in [5.74, 6) is -0.120. The van der Waals surface area contributed by atoms with Gasteiger partial charge in [-0.05, 0) is 43.2 Å². The van der Waals surface area contributed by atoms with Crippen molar-refractivity contribution in [3.05, 3.63) is 47.2 Å². The molecule has 1 N–H and O–H groups in total. The van der Waals surface area contributed by atoms with Crippen LogP contribution in [0.5, 0.6) is 0 Å². The molecule has 0 aliphatic carbocycles. The van der Waals surface area contributed by atoms with Crippen molar-refractivity contribution in [2.45, 2.75) is 12.8 Å². The van der Waals surface area contributed by atoms with E-state index in [2.05, 4.69) is 10.2 Å². The van der Waals surface area contributed by atoms with E-state index in [4.69, 9.17) is 11.6 Å². The van der Waals surface area contributed by atoms with Crippen molar-refractivity contribution < 1.29 is 4.79 Å². The molecular weight excluding hydrogens is 286 g/mol. The predicted molar refractivity (Wildman–Crippen MR) is 86.3 cm³/mol. The van der Waals surface area contributed by atoms with E-state index in [0.717, 1.165) is 24.5 Å². The maximum Gasteiger partial charge on any atom is 0.272 e. The van der Waals surface area contributed by atoms with Gasteiger partial charge in [-0.3, -0.25) is 4.79 Å². The van der Waals surface area contributed by atoms with E-state index in [1.807, 2.05) is 37.5 Å². The Kier molecular flexibility index (Phi) is 3.88. The first kappa shape index (κ1) is 14.0. The molecule has 1 aliphatic heterocycles. The largest absolute Gasteiger partial charge is 0.370 e. The number of anilines is 2. The zero-order valence-electron chi connectivity index (χ0n) is 12.0. The Morgan fingerprint density at radius 2 is 2.00 bits per heavy atom. The highest BCUT2D eigenvalue weighted by molar-refractivity contribution is 6.31. The fraction of sp³-hybridized carbons (Fsp3) is 0.312. The Balaban J connectivity index is 1.88. The van der Waals surface area contributed by atoms with Gasteiger partial charge in [-0.2, -0.15) is 0 Å². The van der Waals surface area contributed by atoms with Crippen LogP contribution in [0.1, 0.15) is 23.3 Å². The summed E-state index contributed by atoms with van der Waals surface area (Å²) >= 11 is 6.09. The van der Waals surface area contributed by atoms with Crippen molar-refractivity contribution in [3.63, 3.8) is 0 Å². The number of hydrogen-bond donors (Lipinski definition) is 1. The molecule has 0 unspecified atom stereocenters. The molecule has 0 saturated carbocycles. The van der Waals surface area contributed by atoms with Gasteiger partial charge in [-0.1, -0.05) is 11.6 Å². The van der Waals surface area contributed by atoms with Crippen LogP contribution in [-0.4, -0.2) is 23.6 Å². The Morgan fingerprint density at radius 1 is 1.24 bits per heavy atom. The SMILES string of the molecule is Cn1cccc1C(=O)Nc1cc(Cl)ccc1N1CCCC1. The van der Waals surface area contributed by atoms with Gasteiger partial charge in [0.25, 0.3) is 5.91 Å². The lowest BCUT2D eigenvalue weighted by Crippen LogP contribution is -2.22. The lowest BCUT2D eigenvalue weighted by molar-refractivity contribution is 0.101. The standard InChI is InChI=1S/C16H18ClN3O/c1-19-8-4-5-15(19)16(21)18-13-11-12(17)6-7-14(13)20-9-2-3-10-20/h4-8,11H,2-3,9-10H2,1H3,(H,18,21). The number of carbonyl (C=O) groups is 1. The second kappa shape index (κ2) is 5.82. The quantitative estimate of drug-likeness (QED) is 0.942. The van der Waals surface area contributed by atoms with Crippen molar-refractivity contribution in [2.75, 3.05) is 23.3 Å². The van der Waals surface area contributed by atoms with Crippen LogP contribution in [0.3, 0.4) is 0 Å². The van der Waals surface area contributed by atoms with Gasteiger partial charge in [0.05, 0.1) is 11.4 Å². The van der Waals surface area contributed by atoms with E-state index in [0.29, 0.717) is 10.7 Å². The Morgan fingerprint density at radius 3 is 2.67 bits per heavy atom. The van der Waals surface area contributed by atoms with Crippen LogP contribution in [0.15, 0.2) is 36.5 Å². The second-order valence-electron chi connectivity index (χ2n) is 5.31. The molecule has 21 heavy (non-hydrogen) atoms. The van der Waals surface area contributed by atoms with Crippen molar-refractivity contribution >= 4 is 28.9 Å². The number of aryl methyl sites for hydroxylation is 1. The fourth-order valence-corrected chi connectivity index (χ4v) is 2.90. The molecule has 5 heteroatoms. The normalized spacial score (nSPS) is 14.5. The number of hydrogen-bond acceptors (Lipinski definition) is 2. The predicted octanol–water partition coefficient (Wildman–Crippen LogP) is 3.53. The minimum Gasteiger partial charge on any atom is -0.370 e. The highest BCUT2D eigenvalue weighted by atomic mass is 35.5. The van der Waals surface area contributed by atoms with Gasteiger partial charge >= 0.3 is 0 Å². The molecule has 110 valence electrons. The molecule has 2 aromatic rings. The Bertz CT molecular complexity index is 659. The fourth-order valence-electron chi connectivity index (χ4n) is 2.73. The molecule has 4 nitrogen and oxygen atoms in total. The van der Waals surface area contributed by atoms with Crippen LogP contribution in [0.2, 0.25) is 5.02 Å². The summed E-state index contributed by atoms with van der Waals surface area (Å²) in [6, 6.07) is 9.32. The number of aromatic nitrogens is 1. The van der Waals surface area contributed by atoms with Crippen molar-refractivity contribution in [1.29, 1.82) is 0 Å². The summed E-state index contributed by atoms with van der Waals surface area (Å²) in [6.07, 6.45) is 4.23. The summed E-state index contributed by atoms with van der Waals surface area (Å²) in [4.78, 5) is 14.7. The molecule has 1 saturated heterocycles. The van der Waals surface area contributed by atoms with Gasteiger partial charge in [0.15, 0.2) is 0 Å². The number of nitrogens with zero attached hydrogens (tertiary/aromatic N) is 2. The third-order valence-electron chi connectivity index (χ3n) is 3.83.